The number of aryl methyl sites for hydroxylation is 1. The van der Waals surface area contributed by atoms with E-state index in [0.717, 1.165) is 33.8 Å². The topological polar surface area (TPSA) is 27.1 Å². The molecule has 46 heavy (non-hydrogen) atoms. The molecule has 1 aliphatic rings. The molecule has 224 valence electrons. The van der Waals surface area contributed by atoms with Crippen molar-refractivity contribution in [3.8, 4) is 11.1 Å². The highest BCUT2D eigenvalue weighted by Crippen LogP contribution is 2.57. The molecule has 0 aromatic heterocycles. The van der Waals surface area contributed by atoms with Crippen LogP contribution in [0.5, 0.6) is 0 Å². The molecule has 0 heterocycles. The van der Waals surface area contributed by atoms with E-state index in [1.54, 1.807) is 6.08 Å². The lowest BCUT2D eigenvalue weighted by Crippen LogP contribution is -2.29. The fraction of sp³-hybridized carbons (Fsp3) is 0.0682. The number of nitrogens with one attached hydrogen (secondary N) is 1. The zero-order valence-corrected chi connectivity index (χ0v) is 26.4. The molecule has 0 bridgehead atoms. The van der Waals surface area contributed by atoms with Gasteiger partial charge in [-0.2, -0.15) is 0 Å². The first-order valence-electron chi connectivity index (χ1n) is 15.6. The molecule has 0 amide bonds. The van der Waals surface area contributed by atoms with Crippen molar-refractivity contribution in [2.75, 3.05) is 4.90 Å². The highest BCUT2D eigenvalue weighted by atomic mass is 15.1. The minimum atomic E-state index is -0.549. The number of anilines is 3. The Kier molecular flexibility index (Phi) is 8.63. The maximum Gasteiger partial charge on any atom is 0.0714 e. The molecule has 0 aliphatic heterocycles. The number of benzene rings is 5. The second-order valence-corrected chi connectivity index (χ2v) is 11.5. The smallest absolute Gasteiger partial charge is 0.0714 e. The van der Waals surface area contributed by atoms with E-state index in [0.29, 0.717) is 0 Å². The summed E-state index contributed by atoms with van der Waals surface area (Å²) in [6.07, 6.45) is 13.2. The van der Waals surface area contributed by atoms with Gasteiger partial charge in [0.05, 0.1) is 5.41 Å². The molecule has 2 heteroatoms. The van der Waals surface area contributed by atoms with Crippen LogP contribution in [-0.4, -0.2) is 6.21 Å². The monoisotopic (exact) mass is 594 g/mol. The van der Waals surface area contributed by atoms with Gasteiger partial charge in [0.1, 0.15) is 0 Å². The lowest BCUT2D eigenvalue weighted by atomic mass is 9.67. The molecule has 5 aromatic rings. The van der Waals surface area contributed by atoms with Crippen molar-refractivity contribution in [1.29, 1.82) is 5.41 Å². The van der Waals surface area contributed by atoms with Crippen molar-refractivity contribution in [1.82, 2.24) is 0 Å². The van der Waals surface area contributed by atoms with Gasteiger partial charge in [0.15, 0.2) is 0 Å². The second-order valence-electron chi connectivity index (χ2n) is 11.5. The molecule has 1 N–H and O–H groups in total. The zero-order valence-electron chi connectivity index (χ0n) is 26.4. The van der Waals surface area contributed by atoms with Crippen LogP contribution in [0.2, 0.25) is 0 Å². The third kappa shape index (κ3) is 5.29. The largest absolute Gasteiger partial charge is 0.310 e. The first-order valence-corrected chi connectivity index (χ1v) is 15.6. The van der Waals surface area contributed by atoms with Crippen LogP contribution in [0.15, 0.2) is 177 Å². The molecular formula is C44H38N2. The Morgan fingerprint density at radius 3 is 2.02 bits per heavy atom. The van der Waals surface area contributed by atoms with Crippen molar-refractivity contribution in [2.45, 2.75) is 19.3 Å². The van der Waals surface area contributed by atoms with Gasteiger partial charge in [0.2, 0.25) is 0 Å². The van der Waals surface area contributed by atoms with Crippen molar-refractivity contribution in [3.05, 3.63) is 204 Å². The van der Waals surface area contributed by atoms with Gasteiger partial charge in [-0.05, 0) is 101 Å². The summed E-state index contributed by atoms with van der Waals surface area (Å²) in [7, 11) is 0. The normalized spacial score (nSPS) is 15.5. The summed E-state index contributed by atoms with van der Waals surface area (Å²) in [5.74, 6) is 0. The van der Waals surface area contributed by atoms with Gasteiger partial charge in [-0.15, -0.1) is 0 Å². The lowest BCUT2D eigenvalue weighted by molar-refractivity contribution is 0.767. The van der Waals surface area contributed by atoms with Crippen LogP contribution in [0.4, 0.5) is 17.1 Å². The first-order chi connectivity index (χ1) is 22.5. The molecule has 1 unspecified atom stereocenters. The predicted octanol–water partition coefficient (Wildman–Crippen LogP) is 11.7. The van der Waals surface area contributed by atoms with Crippen LogP contribution >= 0.6 is 0 Å². The minimum absolute atomic E-state index is 0.549. The Labute approximate surface area is 273 Å². The highest BCUT2D eigenvalue weighted by molar-refractivity contribution is 5.90. The Hall–Kier alpha value is -5.73. The summed E-state index contributed by atoms with van der Waals surface area (Å²) < 4.78 is 0. The van der Waals surface area contributed by atoms with Crippen LogP contribution < -0.4 is 4.90 Å². The number of rotatable bonds is 10. The van der Waals surface area contributed by atoms with Gasteiger partial charge >= 0.3 is 0 Å². The van der Waals surface area contributed by atoms with Crippen molar-refractivity contribution in [2.24, 2.45) is 0 Å². The van der Waals surface area contributed by atoms with Crippen LogP contribution in [-0.2, 0) is 5.41 Å². The lowest BCUT2D eigenvalue weighted by Gasteiger charge is -2.35. The van der Waals surface area contributed by atoms with E-state index < -0.39 is 5.41 Å². The van der Waals surface area contributed by atoms with Gasteiger partial charge in [-0.3, -0.25) is 0 Å². The number of fused-ring (bicyclic) bond motifs is 3. The van der Waals surface area contributed by atoms with Crippen molar-refractivity contribution < 1.29 is 0 Å². The van der Waals surface area contributed by atoms with Crippen LogP contribution in [0, 0.1) is 12.3 Å². The van der Waals surface area contributed by atoms with Gasteiger partial charge in [0.25, 0.3) is 0 Å². The van der Waals surface area contributed by atoms with Gasteiger partial charge in [-0.25, -0.2) is 0 Å². The molecule has 0 saturated heterocycles. The van der Waals surface area contributed by atoms with E-state index in [2.05, 4.69) is 165 Å². The maximum absolute atomic E-state index is 7.33. The molecule has 2 nitrogen and oxygen atoms in total. The Morgan fingerprint density at radius 2 is 1.35 bits per heavy atom. The predicted molar refractivity (Wildman–Crippen MR) is 198 cm³/mol. The Morgan fingerprint density at radius 1 is 0.717 bits per heavy atom. The van der Waals surface area contributed by atoms with E-state index in [-0.39, 0.29) is 0 Å². The highest BCUT2D eigenvalue weighted by Gasteiger charge is 2.46. The first kappa shape index (κ1) is 30.3. The number of allylic oxidation sites excluding steroid dienone is 8. The average molecular weight is 595 g/mol. The zero-order chi connectivity index (χ0) is 32.1. The van der Waals surface area contributed by atoms with E-state index in [1.165, 1.54) is 39.6 Å². The summed E-state index contributed by atoms with van der Waals surface area (Å²) in [6, 6.07) is 43.7. The quantitative estimate of drug-likeness (QED) is 0.126. The van der Waals surface area contributed by atoms with Crippen LogP contribution in [0.1, 0.15) is 34.7 Å². The van der Waals surface area contributed by atoms with Crippen LogP contribution in [0.25, 0.3) is 16.7 Å². The number of nitrogens with zero attached hydrogens (tertiary/aromatic N) is 1. The fourth-order valence-corrected chi connectivity index (χ4v) is 6.66. The molecule has 0 fully saturated rings. The van der Waals surface area contributed by atoms with Crippen LogP contribution in [0.3, 0.4) is 0 Å². The van der Waals surface area contributed by atoms with Gasteiger partial charge in [0, 0.05) is 23.3 Å². The molecule has 0 saturated carbocycles. The summed E-state index contributed by atoms with van der Waals surface area (Å²) in [6.45, 7) is 12.7. The Bertz CT molecular complexity index is 1990. The van der Waals surface area contributed by atoms with Crippen molar-refractivity contribution >= 4 is 28.8 Å². The molecule has 6 rings (SSSR count). The SMILES string of the molecule is C=C/C(=C\C=C/C)C1(c2ccccc2)c2ccccc2-c2ccc(N(c3ccc(C)cc3)c3ccc(C(=C)/C=C\C=N)cc3)cc21. The third-order valence-electron chi connectivity index (χ3n) is 8.80. The molecule has 0 radical (unpaired) electrons. The van der Waals surface area contributed by atoms with Gasteiger partial charge < -0.3 is 10.3 Å². The van der Waals surface area contributed by atoms with Gasteiger partial charge in [-0.1, -0.05) is 134 Å². The molecule has 1 aliphatic carbocycles. The summed E-state index contributed by atoms with van der Waals surface area (Å²) in [4.78, 5) is 2.32. The summed E-state index contributed by atoms with van der Waals surface area (Å²) >= 11 is 0. The fourth-order valence-electron chi connectivity index (χ4n) is 6.66. The van der Waals surface area contributed by atoms with Crippen molar-refractivity contribution in [3.63, 3.8) is 0 Å². The second kappa shape index (κ2) is 13.1. The average Bonchev–Trinajstić information content (AvgIpc) is 3.39. The Balaban J connectivity index is 1.61. The van der Waals surface area contributed by atoms with E-state index >= 15 is 0 Å². The summed E-state index contributed by atoms with van der Waals surface area (Å²) in [5.41, 5.74) is 13.0. The minimum Gasteiger partial charge on any atom is -0.310 e. The third-order valence-corrected chi connectivity index (χ3v) is 8.80. The molecule has 1 atom stereocenters. The number of hydrogen-bond donors (Lipinski definition) is 1. The molecular weight excluding hydrogens is 556 g/mol. The maximum atomic E-state index is 7.33. The summed E-state index contributed by atoms with van der Waals surface area (Å²) in [5, 5.41) is 7.33. The standard InChI is InChI=1S/C44H38N2/c1-5-7-15-35(6-2)44(36-16-9-8-10-17-36)42-19-12-11-18-40(42)41-29-28-39(31-43(41)44)46(37-24-20-32(3)21-25-37)38-26-22-34(23-27-38)33(4)14-13-30-45/h5-31,45H,2,4H2,1,3H3/b7-5-,14-13-,35-15+,45-30?. The van der Waals surface area contributed by atoms with E-state index in [1.807, 2.05) is 19.1 Å². The number of hydrogen-bond acceptors (Lipinski definition) is 2. The molecule has 0 spiro atoms. The van der Waals surface area contributed by atoms with E-state index in [9.17, 15) is 0 Å². The van der Waals surface area contributed by atoms with E-state index in [4.69, 9.17) is 5.41 Å². The molecule has 5 aromatic carbocycles.